The number of aliphatic imine (C=N–C) groups is 1. The topological polar surface area (TPSA) is 41.6 Å². The Labute approximate surface area is 77.2 Å². The van der Waals surface area contributed by atoms with Gasteiger partial charge in [-0.1, -0.05) is 5.16 Å². The van der Waals surface area contributed by atoms with Gasteiger partial charge < -0.3 is 9.42 Å². The third-order valence-electron chi connectivity index (χ3n) is 2.32. The van der Waals surface area contributed by atoms with Crippen molar-refractivity contribution in [3.63, 3.8) is 0 Å². The fraction of sp³-hybridized carbons (Fsp3) is 0.556. The van der Waals surface area contributed by atoms with E-state index < -0.39 is 0 Å². The number of rotatable bonds is 1. The second kappa shape index (κ2) is 2.87. The van der Waals surface area contributed by atoms with Gasteiger partial charge in [-0.15, -0.1) is 0 Å². The van der Waals surface area contributed by atoms with Crippen molar-refractivity contribution in [2.24, 2.45) is 4.99 Å². The van der Waals surface area contributed by atoms with E-state index >= 15 is 0 Å². The van der Waals surface area contributed by atoms with Crippen molar-refractivity contribution < 1.29 is 4.52 Å². The molecule has 4 nitrogen and oxygen atoms in total. The van der Waals surface area contributed by atoms with Crippen molar-refractivity contribution in [2.45, 2.75) is 13.8 Å². The molecule has 0 aliphatic carbocycles. The fourth-order valence-corrected chi connectivity index (χ4v) is 1.60. The van der Waals surface area contributed by atoms with Gasteiger partial charge in [-0.25, -0.2) is 0 Å². The molecule has 4 heteroatoms. The van der Waals surface area contributed by atoms with Gasteiger partial charge in [0.25, 0.3) is 0 Å². The summed E-state index contributed by atoms with van der Waals surface area (Å²) in [5.74, 6) is 1.86. The van der Waals surface area contributed by atoms with E-state index in [4.69, 9.17) is 4.52 Å². The van der Waals surface area contributed by atoms with Crippen LogP contribution in [0.15, 0.2) is 9.52 Å². The predicted octanol–water partition coefficient (Wildman–Crippen LogP) is 0.983. The molecule has 0 radical (unpaired) electrons. The lowest BCUT2D eigenvalue weighted by atomic mass is 10.2. The maximum atomic E-state index is 5.10. The maximum absolute atomic E-state index is 5.10. The van der Waals surface area contributed by atoms with Crippen molar-refractivity contribution in [3.8, 4) is 0 Å². The van der Waals surface area contributed by atoms with Crippen LogP contribution in [0.5, 0.6) is 0 Å². The first-order chi connectivity index (χ1) is 6.20. The quantitative estimate of drug-likeness (QED) is 0.645. The molecule has 0 atom stereocenters. The summed E-state index contributed by atoms with van der Waals surface area (Å²) >= 11 is 0. The molecule has 0 saturated heterocycles. The molecule has 1 aromatic heterocycles. The largest absolute Gasteiger partial charge is 0.361 e. The first kappa shape index (κ1) is 8.29. The first-order valence-corrected chi connectivity index (χ1v) is 4.39. The van der Waals surface area contributed by atoms with Crippen molar-refractivity contribution in [1.82, 2.24) is 10.1 Å². The Morgan fingerprint density at radius 3 is 2.62 bits per heavy atom. The van der Waals surface area contributed by atoms with Gasteiger partial charge in [0.2, 0.25) is 0 Å². The number of hydrogen-bond acceptors (Lipinski definition) is 4. The summed E-state index contributed by atoms with van der Waals surface area (Å²) in [7, 11) is 2.04. The molecule has 0 saturated carbocycles. The summed E-state index contributed by atoms with van der Waals surface area (Å²) < 4.78 is 5.10. The van der Waals surface area contributed by atoms with E-state index in [9.17, 15) is 0 Å². The molecule has 0 spiro atoms. The molecule has 0 aromatic carbocycles. The van der Waals surface area contributed by atoms with Crippen LogP contribution in [0.3, 0.4) is 0 Å². The molecule has 1 aliphatic rings. The molecule has 0 unspecified atom stereocenters. The molecule has 1 aromatic rings. The average Bonchev–Trinajstić information content (AvgIpc) is 2.60. The Morgan fingerprint density at radius 2 is 2.15 bits per heavy atom. The third kappa shape index (κ3) is 1.22. The lowest BCUT2D eigenvalue weighted by Gasteiger charge is -2.12. The Morgan fingerprint density at radius 1 is 1.38 bits per heavy atom. The standard InChI is InChI=1S/C9H13N3O/c1-6-8(7(2)13-11-6)9-10-4-5-12(9)3/h4-5H2,1-3H3. The van der Waals surface area contributed by atoms with Gasteiger partial charge in [-0.05, 0) is 13.8 Å². The summed E-state index contributed by atoms with van der Waals surface area (Å²) in [5, 5.41) is 3.91. The highest BCUT2D eigenvalue weighted by molar-refractivity contribution is 6.01. The van der Waals surface area contributed by atoms with Crippen LogP contribution in [0.25, 0.3) is 0 Å². The van der Waals surface area contributed by atoms with Gasteiger partial charge in [-0.3, -0.25) is 4.99 Å². The van der Waals surface area contributed by atoms with Crippen LogP contribution in [-0.4, -0.2) is 36.0 Å². The van der Waals surface area contributed by atoms with Gasteiger partial charge in [-0.2, -0.15) is 0 Å². The minimum absolute atomic E-state index is 0.852. The first-order valence-electron chi connectivity index (χ1n) is 4.39. The van der Waals surface area contributed by atoms with Crippen molar-refractivity contribution in [1.29, 1.82) is 0 Å². The molecule has 2 rings (SSSR count). The molecule has 13 heavy (non-hydrogen) atoms. The molecular weight excluding hydrogens is 166 g/mol. The smallest absolute Gasteiger partial charge is 0.144 e. The zero-order chi connectivity index (χ0) is 9.42. The monoisotopic (exact) mass is 179 g/mol. The number of amidine groups is 1. The number of aryl methyl sites for hydroxylation is 2. The van der Waals surface area contributed by atoms with Crippen LogP contribution in [-0.2, 0) is 0 Å². The summed E-state index contributed by atoms with van der Waals surface area (Å²) in [4.78, 5) is 6.55. The fourth-order valence-electron chi connectivity index (χ4n) is 1.60. The molecule has 0 fully saturated rings. The Balaban J connectivity index is 2.45. The number of hydrogen-bond donors (Lipinski definition) is 0. The highest BCUT2D eigenvalue weighted by atomic mass is 16.5. The van der Waals surface area contributed by atoms with Gasteiger partial charge in [0.1, 0.15) is 11.6 Å². The van der Waals surface area contributed by atoms with Crippen molar-refractivity contribution >= 4 is 5.84 Å². The third-order valence-corrected chi connectivity index (χ3v) is 2.32. The predicted molar refractivity (Wildman–Crippen MR) is 50.0 cm³/mol. The molecule has 0 N–H and O–H groups in total. The minimum atomic E-state index is 0.852. The molecule has 0 bridgehead atoms. The van der Waals surface area contributed by atoms with E-state index in [1.807, 2.05) is 20.9 Å². The molecule has 70 valence electrons. The minimum Gasteiger partial charge on any atom is -0.361 e. The van der Waals surface area contributed by atoms with Crippen LogP contribution >= 0.6 is 0 Å². The highest BCUT2D eigenvalue weighted by Gasteiger charge is 2.21. The number of aromatic nitrogens is 1. The lowest BCUT2D eigenvalue weighted by molar-refractivity contribution is 0.393. The number of nitrogens with zero attached hydrogens (tertiary/aromatic N) is 3. The van der Waals surface area contributed by atoms with Crippen molar-refractivity contribution in [3.05, 3.63) is 17.0 Å². The molecular formula is C9H13N3O. The lowest BCUT2D eigenvalue weighted by Crippen LogP contribution is -2.24. The van der Waals surface area contributed by atoms with Gasteiger partial charge in [0.05, 0.1) is 17.8 Å². The Bertz CT molecular complexity index is 334. The van der Waals surface area contributed by atoms with Crippen LogP contribution in [0.2, 0.25) is 0 Å². The summed E-state index contributed by atoms with van der Waals surface area (Å²) in [6, 6.07) is 0. The van der Waals surface area contributed by atoms with E-state index in [-0.39, 0.29) is 0 Å². The normalized spacial score (nSPS) is 16.5. The van der Waals surface area contributed by atoms with Gasteiger partial charge in [0, 0.05) is 13.6 Å². The average molecular weight is 179 g/mol. The van der Waals surface area contributed by atoms with Crippen LogP contribution < -0.4 is 0 Å². The van der Waals surface area contributed by atoms with Crippen LogP contribution in [0.1, 0.15) is 17.0 Å². The second-order valence-corrected chi connectivity index (χ2v) is 3.33. The summed E-state index contributed by atoms with van der Waals surface area (Å²) in [6.45, 7) is 5.72. The van der Waals surface area contributed by atoms with Crippen LogP contribution in [0.4, 0.5) is 0 Å². The SMILES string of the molecule is Cc1noc(C)c1C1=NCCN1C. The molecule has 2 heterocycles. The second-order valence-electron chi connectivity index (χ2n) is 3.33. The number of likely N-dealkylation sites (N-methyl/N-ethyl adjacent to an activating group) is 1. The summed E-state index contributed by atoms with van der Waals surface area (Å²) in [5.41, 5.74) is 1.98. The van der Waals surface area contributed by atoms with Crippen LogP contribution in [0, 0.1) is 13.8 Å². The zero-order valence-corrected chi connectivity index (χ0v) is 8.16. The van der Waals surface area contributed by atoms with E-state index in [2.05, 4.69) is 15.0 Å². The van der Waals surface area contributed by atoms with E-state index in [1.54, 1.807) is 0 Å². The van der Waals surface area contributed by atoms with Gasteiger partial charge >= 0.3 is 0 Å². The summed E-state index contributed by atoms with van der Waals surface area (Å²) in [6.07, 6.45) is 0. The zero-order valence-electron chi connectivity index (χ0n) is 8.16. The van der Waals surface area contributed by atoms with Crippen molar-refractivity contribution in [2.75, 3.05) is 20.1 Å². The van der Waals surface area contributed by atoms with Gasteiger partial charge in [0.15, 0.2) is 0 Å². The Kier molecular flexibility index (Phi) is 1.83. The highest BCUT2D eigenvalue weighted by Crippen LogP contribution is 2.17. The molecule has 0 amide bonds. The molecule has 1 aliphatic heterocycles. The maximum Gasteiger partial charge on any atom is 0.144 e. The van der Waals surface area contributed by atoms with E-state index in [0.717, 1.165) is 35.9 Å². The van der Waals surface area contributed by atoms with E-state index in [1.165, 1.54) is 0 Å². The van der Waals surface area contributed by atoms with E-state index in [0.29, 0.717) is 0 Å². The Hall–Kier alpha value is -1.32.